The zero-order valence-corrected chi connectivity index (χ0v) is 16.1. The Bertz CT molecular complexity index is 536. The second-order valence-corrected chi connectivity index (χ2v) is 11.8. The summed E-state index contributed by atoms with van der Waals surface area (Å²) in [5, 5.41) is 8.89. The number of carboxylic acid groups (broad SMARTS) is 1. The van der Waals surface area contributed by atoms with Crippen molar-refractivity contribution < 1.29 is 23.8 Å². The van der Waals surface area contributed by atoms with Crippen molar-refractivity contribution in [3.63, 3.8) is 0 Å². The summed E-state index contributed by atoms with van der Waals surface area (Å²) in [4.78, 5) is 10.8. The predicted octanol–water partition coefficient (Wildman–Crippen LogP) is 4.11. The number of ether oxygens (including phenoxy) is 2. The van der Waals surface area contributed by atoms with Crippen LogP contribution in [0.2, 0.25) is 18.1 Å². The molecule has 0 aliphatic rings. The van der Waals surface area contributed by atoms with Crippen LogP contribution in [0.25, 0.3) is 0 Å². The average Bonchev–Trinajstić information content (AvgIpc) is 2.44. The molecule has 6 heteroatoms. The summed E-state index contributed by atoms with van der Waals surface area (Å²) < 4.78 is 17.3. The van der Waals surface area contributed by atoms with Gasteiger partial charge in [-0.05, 0) is 42.2 Å². The molecule has 1 aromatic rings. The van der Waals surface area contributed by atoms with Gasteiger partial charge in [0.1, 0.15) is 0 Å². The van der Waals surface area contributed by atoms with E-state index < -0.39 is 14.3 Å². The molecule has 23 heavy (non-hydrogen) atoms. The highest BCUT2D eigenvalue weighted by Gasteiger charge is 2.40. The van der Waals surface area contributed by atoms with Gasteiger partial charge in [0.05, 0.1) is 14.2 Å². The highest BCUT2D eigenvalue weighted by Crippen LogP contribution is 2.45. The van der Waals surface area contributed by atoms with Crippen LogP contribution in [0.1, 0.15) is 32.8 Å². The Kier molecular flexibility index (Phi) is 6.10. The third kappa shape index (κ3) is 4.89. The van der Waals surface area contributed by atoms with Crippen LogP contribution < -0.4 is 13.9 Å². The van der Waals surface area contributed by atoms with Gasteiger partial charge >= 0.3 is 5.97 Å². The first kappa shape index (κ1) is 19.4. The summed E-state index contributed by atoms with van der Waals surface area (Å²) in [6.45, 7) is 10.8. The fourth-order valence-corrected chi connectivity index (χ4v) is 2.86. The number of carboxylic acids is 1. The highest BCUT2D eigenvalue weighted by molar-refractivity contribution is 6.74. The Balaban J connectivity index is 3.23. The van der Waals surface area contributed by atoms with E-state index in [1.54, 1.807) is 14.2 Å². The van der Waals surface area contributed by atoms with Crippen LogP contribution in [0, 0.1) is 0 Å². The van der Waals surface area contributed by atoms with E-state index >= 15 is 0 Å². The maximum Gasteiger partial charge on any atom is 0.303 e. The van der Waals surface area contributed by atoms with Crippen LogP contribution in [0.4, 0.5) is 0 Å². The van der Waals surface area contributed by atoms with Crippen molar-refractivity contribution in [1.82, 2.24) is 0 Å². The van der Waals surface area contributed by atoms with Gasteiger partial charge in [-0.15, -0.1) is 0 Å². The largest absolute Gasteiger partial charge is 0.539 e. The van der Waals surface area contributed by atoms with Crippen LogP contribution in [0.5, 0.6) is 17.2 Å². The van der Waals surface area contributed by atoms with Gasteiger partial charge in [-0.2, -0.15) is 0 Å². The first-order valence-corrected chi connectivity index (χ1v) is 10.6. The molecule has 130 valence electrons. The Morgan fingerprint density at radius 1 is 1.13 bits per heavy atom. The summed E-state index contributed by atoms with van der Waals surface area (Å²) in [6, 6.07) is 3.65. The molecular formula is C17H28O5Si. The molecule has 0 saturated heterocycles. The van der Waals surface area contributed by atoms with Crippen molar-refractivity contribution >= 4 is 14.3 Å². The molecule has 0 amide bonds. The van der Waals surface area contributed by atoms with E-state index in [-0.39, 0.29) is 11.5 Å². The van der Waals surface area contributed by atoms with Crippen LogP contribution in [-0.2, 0) is 11.2 Å². The lowest BCUT2D eigenvalue weighted by molar-refractivity contribution is -0.136. The molecule has 1 N–H and O–H groups in total. The molecule has 0 aromatic heterocycles. The van der Waals surface area contributed by atoms with Gasteiger partial charge in [0.15, 0.2) is 17.2 Å². The lowest BCUT2D eigenvalue weighted by atomic mass is 10.1. The maximum absolute atomic E-state index is 10.8. The molecule has 1 rings (SSSR count). The Labute approximate surface area is 139 Å². The minimum Gasteiger partial charge on any atom is -0.539 e. The standard InChI is InChI=1S/C17H28O5Si/c1-17(2,3)23(6,7)22-16-13(20-4)10-12(8-9-15(18)19)11-14(16)21-5/h10-11H,8-9H2,1-7H3,(H,18,19). The first-order chi connectivity index (χ1) is 10.5. The fraction of sp³-hybridized carbons (Fsp3) is 0.588. The van der Waals surface area contributed by atoms with Crippen LogP contribution >= 0.6 is 0 Å². The van der Waals surface area contributed by atoms with Gasteiger partial charge in [-0.25, -0.2) is 0 Å². The third-order valence-corrected chi connectivity index (χ3v) is 8.64. The monoisotopic (exact) mass is 340 g/mol. The topological polar surface area (TPSA) is 65.0 Å². The van der Waals surface area contributed by atoms with Crippen LogP contribution in [0.15, 0.2) is 12.1 Å². The smallest absolute Gasteiger partial charge is 0.303 e. The number of methoxy groups -OCH3 is 2. The Hall–Kier alpha value is -1.69. The number of aliphatic carboxylic acids is 1. The molecule has 0 aliphatic carbocycles. The number of rotatable bonds is 7. The number of hydrogen-bond acceptors (Lipinski definition) is 4. The van der Waals surface area contributed by atoms with Gasteiger partial charge < -0.3 is 19.0 Å². The van der Waals surface area contributed by atoms with Gasteiger partial charge in [0.25, 0.3) is 8.32 Å². The van der Waals surface area contributed by atoms with Gasteiger partial charge in [-0.3, -0.25) is 4.79 Å². The second kappa shape index (κ2) is 7.25. The van der Waals surface area contributed by atoms with Gasteiger partial charge in [0, 0.05) is 6.42 Å². The number of aryl methyl sites for hydroxylation is 1. The molecule has 0 saturated carbocycles. The quantitative estimate of drug-likeness (QED) is 0.757. The van der Waals surface area contributed by atoms with Crippen LogP contribution in [0.3, 0.4) is 0 Å². The maximum atomic E-state index is 10.8. The third-order valence-electron chi connectivity index (χ3n) is 4.31. The molecule has 0 unspecified atom stereocenters. The summed E-state index contributed by atoms with van der Waals surface area (Å²) in [7, 11) is 1.11. The van der Waals surface area contributed by atoms with E-state index in [0.29, 0.717) is 23.7 Å². The van der Waals surface area contributed by atoms with Crippen molar-refractivity contribution in [2.45, 2.75) is 51.7 Å². The fourth-order valence-electron chi connectivity index (χ4n) is 1.84. The van der Waals surface area contributed by atoms with Gasteiger partial charge in [0.2, 0.25) is 0 Å². The molecule has 0 heterocycles. The van der Waals surface area contributed by atoms with Crippen molar-refractivity contribution in [3.05, 3.63) is 17.7 Å². The second-order valence-electron chi connectivity index (χ2n) is 7.09. The summed E-state index contributed by atoms with van der Waals surface area (Å²) in [5.74, 6) is 0.925. The van der Waals surface area contributed by atoms with E-state index in [9.17, 15) is 4.79 Å². The molecule has 0 radical (unpaired) electrons. The lowest BCUT2D eigenvalue weighted by Gasteiger charge is -2.37. The molecule has 0 bridgehead atoms. The molecular weight excluding hydrogens is 312 g/mol. The lowest BCUT2D eigenvalue weighted by Crippen LogP contribution is -2.44. The number of hydrogen-bond donors (Lipinski definition) is 1. The van der Waals surface area contributed by atoms with Gasteiger partial charge in [-0.1, -0.05) is 20.8 Å². The normalized spacial score (nSPS) is 12.0. The molecule has 0 spiro atoms. The summed E-state index contributed by atoms with van der Waals surface area (Å²) >= 11 is 0. The average molecular weight is 340 g/mol. The Morgan fingerprint density at radius 2 is 1.61 bits per heavy atom. The van der Waals surface area contributed by atoms with E-state index in [2.05, 4.69) is 33.9 Å². The minimum atomic E-state index is -2.05. The van der Waals surface area contributed by atoms with E-state index in [1.807, 2.05) is 12.1 Å². The first-order valence-electron chi connectivity index (χ1n) is 7.67. The van der Waals surface area contributed by atoms with Crippen molar-refractivity contribution in [2.24, 2.45) is 0 Å². The Morgan fingerprint density at radius 3 is 1.96 bits per heavy atom. The van der Waals surface area contributed by atoms with E-state index in [4.69, 9.17) is 19.0 Å². The van der Waals surface area contributed by atoms with E-state index in [1.165, 1.54) is 0 Å². The van der Waals surface area contributed by atoms with Crippen molar-refractivity contribution in [1.29, 1.82) is 0 Å². The highest BCUT2D eigenvalue weighted by atomic mass is 28.4. The zero-order valence-electron chi connectivity index (χ0n) is 15.1. The summed E-state index contributed by atoms with van der Waals surface area (Å²) in [6.07, 6.45) is 0.483. The summed E-state index contributed by atoms with van der Waals surface area (Å²) in [5.41, 5.74) is 0.851. The predicted molar refractivity (Wildman–Crippen MR) is 93.3 cm³/mol. The van der Waals surface area contributed by atoms with Crippen LogP contribution in [-0.4, -0.2) is 33.6 Å². The molecule has 5 nitrogen and oxygen atoms in total. The number of carbonyl (C=O) groups is 1. The SMILES string of the molecule is COc1cc(CCC(=O)O)cc(OC)c1O[Si](C)(C)C(C)(C)C. The minimum absolute atomic E-state index is 0.0466. The zero-order chi connectivity index (χ0) is 17.8. The molecule has 1 aromatic carbocycles. The van der Waals surface area contributed by atoms with Crippen molar-refractivity contribution in [3.8, 4) is 17.2 Å². The van der Waals surface area contributed by atoms with Crippen molar-refractivity contribution in [2.75, 3.05) is 14.2 Å². The number of benzene rings is 1. The molecule has 0 aliphatic heterocycles. The molecule has 0 atom stereocenters. The van der Waals surface area contributed by atoms with E-state index in [0.717, 1.165) is 5.56 Å². The molecule has 0 fully saturated rings.